The SMILES string of the molecule is CC1(C)CCCC(Nc2cccc(Cl)c2)C1. The number of nitrogens with one attached hydrogen (secondary N) is 1. The van der Waals surface area contributed by atoms with Gasteiger partial charge >= 0.3 is 0 Å². The van der Waals surface area contributed by atoms with E-state index in [1.807, 2.05) is 18.2 Å². The number of hydrogen-bond donors (Lipinski definition) is 1. The van der Waals surface area contributed by atoms with Crippen LogP contribution in [0.25, 0.3) is 0 Å². The van der Waals surface area contributed by atoms with Crippen LogP contribution in [-0.2, 0) is 0 Å². The van der Waals surface area contributed by atoms with E-state index in [4.69, 9.17) is 11.6 Å². The molecule has 2 rings (SSSR count). The number of anilines is 1. The predicted molar refractivity (Wildman–Crippen MR) is 71.1 cm³/mol. The third kappa shape index (κ3) is 3.15. The van der Waals surface area contributed by atoms with Crippen LogP contribution in [-0.4, -0.2) is 6.04 Å². The van der Waals surface area contributed by atoms with Gasteiger partial charge in [0.2, 0.25) is 0 Å². The van der Waals surface area contributed by atoms with Gasteiger partial charge in [0.25, 0.3) is 0 Å². The maximum atomic E-state index is 5.98. The first-order valence-corrected chi connectivity index (χ1v) is 6.45. The molecule has 0 bridgehead atoms. The molecule has 0 aliphatic heterocycles. The summed E-state index contributed by atoms with van der Waals surface area (Å²) in [4.78, 5) is 0. The van der Waals surface area contributed by atoms with Gasteiger partial charge < -0.3 is 5.32 Å². The highest BCUT2D eigenvalue weighted by Crippen LogP contribution is 2.36. The molecule has 0 saturated heterocycles. The predicted octanol–water partition coefficient (Wildman–Crippen LogP) is 4.72. The van der Waals surface area contributed by atoms with Crippen molar-refractivity contribution in [2.45, 2.75) is 45.6 Å². The Bertz CT molecular complexity index is 360. The first-order valence-electron chi connectivity index (χ1n) is 6.07. The minimum atomic E-state index is 0.481. The van der Waals surface area contributed by atoms with E-state index in [-0.39, 0.29) is 0 Å². The molecule has 1 atom stereocenters. The molecule has 1 aromatic carbocycles. The van der Waals surface area contributed by atoms with Gasteiger partial charge in [0.05, 0.1) is 0 Å². The van der Waals surface area contributed by atoms with Gasteiger partial charge in [-0.3, -0.25) is 0 Å². The van der Waals surface area contributed by atoms with Gasteiger partial charge in [-0.05, 0) is 42.9 Å². The second kappa shape index (κ2) is 4.67. The highest BCUT2D eigenvalue weighted by molar-refractivity contribution is 6.30. The van der Waals surface area contributed by atoms with Crippen LogP contribution < -0.4 is 5.32 Å². The summed E-state index contributed by atoms with van der Waals surface area (Å²) < 4.78 is 0. The topological polar surface area (TPSA) is 12.0 Å². The van der Waals surface area contributed by atoms with Gasteiger partial charge in [0, 0.05) is 16.8 Å². The van der Waals surface area contributed by atoms with Gasteiger partial charge in [-0.15, -0.1) is 0 Å². The minimum absolute atomic E-state index is 0.481. The zero-order chi connectivity index (χ0) is 11.6. The largest absolute Gasteiger partial charge is 0.382 e. The van der Waals surface area contributed by atoms with E-state index in [1.54, 1.807) is 0 Å². The lowest BCUT2D eigenvalue weighted by Gasteiger charge is -2.36. The first-order chi connectivity index (χ1) is 7.55. The molecule has 0 amide bonds. The molecule has 16 heavy (non-hydrogen) atoms. The Morgan fingerprint density at radius 1 is 1.38 bits per heavy atom. The smallest absolute Gasteiger partial charge is 0.0426 e. The van der Waals surface area contributed by atoms with Gasteiger partial charge in [-0.1, -0.05) is 37.9 Å². The molecule has 1 unspecified atom stereocenters. The molecule has 1 fully saturated rings. The Hall–Kier alpha value is -0.690. The lowest BCUT2D eigenvalue weighted by Crippen LogP contribution is -2.31. The Kier molecular flexibility index (Phi) is 3.44. The van der Waals surface area contributed by atoms with Gasteiger partial charge in [0.15, 0.2) is 0 Å². The van der Waals surface area contributed by atoms with Crippen molar-refractivity contribution in [2.24, 2.45) is 5.41 Å². The monoisotopic (exact) mass is 237 g/mol. The Morgan fingerprint density at radius 2 is 2.19 bits per heavy atom. The van der Waals surface area contributed by atoms with Crippen molar-refractivity contribution in [1.29, 1.82) is 0 Å². The molecule has 1 aliphatic rings. The molecule has 88 valence electrons. The zero-order valence-corrected chi connectivity index (χ0v) is 10.8. The molecule has 1 nitrogen and oxygen atoms in total. The van der Waals surface area contributed by atoms with Gasteiger partial charge in [0.1, 0.15) is 0 Å². The Labute approximate surface area is 103 Å². The molecular formula is C14H20ClN. The number of rotatable bonds is 2. The molecule has 2 heteroatoms. The van der Waals surface area contributed by atoms with Crippen LogP contribution in [0.4, 0.5) is 5.69 Å². The van der Waals surface area contributed by atoms with E-state index in [9.17, 15) is 0 Å². The molecule has 0 spiro atoms. The second-order valence-electron chi connectivity index (χ2n) is 5.61. The molecule has 0 radical (unpaired) electrons. The summed E-state index contributed by atoms with van der Waals surface area (Å²) >= 11 is 5.98. The lowest BCUT2D eigenvalue weighted by atomic mass is 9.75. The third-order valence-electron chi connectivity index (χ3n) is 3.40. The number of hydrogen-bond acceptors (Lipinski definition) is 1. The Balaban J connectivity index is 1.99. The van der Waals surface area contributed by atoms with E-state index in [0.717, 1.165) is 10.7 Å². The van der Waals surface area contributed by atoms with Crippen molar-refractivity contribution in [2.75, 3.05) is 5.32 Å². The summed E-state index contributed by atoms with van der Waals surface area (Å²) in [5.74, 6) is 0. The number of benzene rings is 1. The highest BCUT2D eigenvalue weighted by atomic mass is 35.5. The van der Waals surface area contributed by atoms with Crippen LogP contribution in [0, 0.1) is 5.41 Å². The molecule has 1 saturated carbocycles. The molecule has 0 heterocycles. The average Bonchev–Trinajstić information content (AvgIpc) is 2.15. The lowest BCUT2D eigenvalue weighted by molar-refractivity contribution is 0.229. The number of halogens is 1. The summed E-state index contributed by atoms with van der Waals surface area (Å²) in [6.45, 7) is 4.72. The molecule has 0 aromatic heterocycles. The maximum absolute atomic E-state index is 5.98. The van der Waals surface area contributed by atoms with Crippen LogP contribution in [0.1, 0.15) is 39.5 Å². The van der Waals surface area contributed by atoms with Crippen molar-refractivity contribution in [3.63, 3.8) is 0 Å². The van der Waals surface area contributed by atoms with Gasteiger partial charge in [-0.25, -0.2) is 0 Å². The van der Waals surface area contributed by atoms with Crippen molar-refractivity contribution in [1.82, 2.24) is 0 Å². The van der Waals surface area contributed by atoms with Crippen LogP contribution in [0.2, 0.25) is 5.02 Å². The summed E-state index contributed by atoms with van der Waals surface area (Å²) in [5, 5.41) is 4.40. The van der Waals surface area contributed by atoms with E-state index >= 15 is 0 Å². The summed E-state index contributed by atoms with van der Waals surface area (Å²) in [5.41, 5.74) is 1.63. The van der Waals surface area contributed by atoms with Crippen LogP contribution in [0.5, 0.6) is 0 Å². The maximum Gasteiger partial charge on any atom is 0.0426 e. The normalized spacial score (nSPS) is 24.1. The van der Waals surface area contributed by atoms with Crippen LogP contribution >= 0.6 is 11.6 Å². The zero-order valence-electron chi connectivity index (χ0n) is 10.1. The molecule has 1 aromatic rings. The molecule has 1 aliphatic carbocycles. The minimum Gasteiger partial charge on any atom is -0.382 e. The highest BCUT2D eigenvalue weighted by Gasteiger charge is 2.27. The van der Waals surface area contributed by atoms with Crippen molar-refractivity contribution in [3.8, 4) is 0 Å². The van der Waals surface area contributed by atoms with Crippen LogP contribution in [0.15, 0.2) is 24.3 Å². The molecule has 1 N–H and O–H groups in total. The van der Waals surface area contributed by atoms with Gasteiger partial charge in [-0.2, -0.15) is 0 Å². The van der Waals surface area contributed by atoms with E-state index < -0.39 is 0 Å². The van der Waals surface area contributed by atoms with Crippen molar-refractivity contribution >= 4 is 17.3 Å². The molecular weight excluding hydrogens is 218 g/mol. The van der Waals surface area contributed by atoms with Crippen molar-refractivity contribution in [3.05, 3.63) is 29.3 Å². The summed E-state index contributed by atoms with van der Waals surface area (Å²) in [7, 11) is 0. The summed E-state index contributed by atoms with van der Waals surface area (Å²) in [6.07, 6.45) is 5.20. The van der Waals surface area contributed by atoms with E-state index in [0.29, 0.717) is 11.5 Å². The second-order valence-corrected chi connectivity index (χ2v) is 6.05. The fourth-order valence-corrected chi connectivity index (χ4v) is 2.83. The third-order valence-corrected chi connectivity index (χ3v) is 3.64. The van der Waals surface area contributed by atoms with Crippen molar-refractivity contribution < 1.29 is 0 Å². The fourth-order valence-electron chi connectivity index (χ4n) is 2.64. The average molecular weight is 238 g/mol. The van der Waals surface area contributed by atoms with E-state index in [1.165, 1.54) is 25.7 Å². The first kappa shape index (κ1) is 11.8. The quantitative estimate of drug-likeness (QED) is 0.785. The standard InChI is InChI=1S/C14H20ClN/c1-14(2)8-4-7-13(10-14)16-12-6-3-5-11(15)9-12/h3,5-6,9,13,16H,4,7-8,10H2,1-2H3. The summed E-state index contributed by atoms with van der Waals surface area (Å²) in [6, 6.07) is 8.61. The van der Waals surface area contributed by atoms with Crippen LogP contribution in [0.3, 0.4) is 0 Å². The fraction of sp³-hybridized carbons (Fsp3) is 0.571. The van der Waals surface area contributed by atoms with E-state index in [2.05, 4.69) is 25.2 Å². The Morgan fingerprint density at radius 3 is 2.88 bits per heavy atom.